The van der Waals surface area contributed by atoms with Crippen molar-refractivity contribution in [2.75, 3.05) is 18.8 Å². The van der Waals surface area contributed by atoms with Crippen LogP contribution in [0.3, 0.4) is 0 Å². The van der Waals surface area contributed by atoms with Gasteiger partial charge in [-0.1, -0.05) is 50.6 Å². The van der Waals surface area contributed by atoms with Crippen LogP contribution in [-0.4, -0.2) is 53.3 Å². The maximum Gasteiger partial charge on any atom is 0.408 e. The topological polar surface area (TPSA) is 87.7 Å². The largest absolute Gasteiger partial charge is 0.444 e. The first-order chi connectivity index (χ1) is 15.6. The smallest absolute Gasteiger partial charge is 0.408 e. The lowest BCUT2D eigenvalue weighted by atomic mass is 10.0. The van der Waals surface area contributed by atoms with Gasteiger partial charge in [0.1, 0.15) is 17.7 Å². The number of ether oxygens (including phenoxy) is 1. The van der Waals surface area contributed by atoms with Gasteiger partial charge in [0.25, 0.3) is 0 Å². The molecule has 1 aromatic rings. The molecule has 0 radical (unpaired) electrons. The molecular weight excluding hydrogens is 438 g/mol. The molecule has 0 aliphatic carbocycles. The number of hydrogen-bond acceptors (Lipinski definition) is 5. The summed E-state index contributed by atoms with van der Waals surface area (Å²) in [6.45, 7) is 13.7. The number of hydrogen-bond donors (Lipinski definition) is 3. The Morgan fingerprint density at radius 2 is 1.91 bits per heavy atom. The predicted molar refractivity (Wildman–Crippen MR) is 136 cm³/mol. The second-order valence-electron chi connectivity index (χ2n) is 8.78. The summed E-state index contributed by atoms with van der Waals surface area (Å²) in [5.41, 5.74) is 0.813. The minimum atomic E-state index is -0.943. The highest BCUT2D eigenvalue weighted by Crippen LogP contribution is 2.24. The molecule has 0 spiro atoms. The standard InChI is InChI=1S/C25H39N3O4S/c1-7-10-11-15-26-22(29)21(19-14-12-13-18(8-2)16-19)28(9-3)23(30)20(17-33)27-24(31)32-25(4,5)6/h8,12-14,16,20-21,33H,2,7,9-11,15,17H2,1,3-6H3,(H,26,29)(H,27,31). The van der Waals surface area contributed by atoms with Crippen molar-refractivity contribution in [2.24, 2.45) is 0 Å². The van der Waals surface area contributed by atoms with E-state index in [-0.39, 0.29) is 18.2 Å². The molecule has 0 aliphatic heterocycles. The number of thiol groups is 1. The first kappa shape index (κ1) is 28.6. The Morgan fingerprint density at radius 1 is 1.21 bits per heavy atom. The minimum absolute atomic E-state index is 0.0616. The van der Waals surface area contributed by atoms with Crippen LogP contribution >= 0.6 is 12.6 Å². The van der Waals surface area contributed by atoms with E-state index in [1.165, 1.54) is 4.90 Å². The Labute approximate surface area is 203 Å². The number of nitrogens with zero attached hydrogens (tertiary/aromatic N) is 1. The van der Waals surface area contributed by atoms with E-state index < -0.39 is 29.7 Å². The molecule has 2 N–H and O–H groups in total. The molecule has 1 aromatic carbocycles. The number of alkyl carbamates (subject to hydrolysis) is 1. The zero-order chi connectivity index (χ0) is 25.0. The molecule has 1 rings (SSSR count). The van der Waals surface area contributed by atoms with Crippen molar-refractivity contribution in [3.63, 3.8) is 0 Å². The summed E-state index contributed by atoms with van der Waals surface area (Å²) in [7, 11) is 0. The average molecular weight is 478 g/mol. The molecule has 7 nitrogen and oxygen atoms in total. The molecule has 3 amide bonds. The average Bonchev–Trinajstić information content (AvgIpc) is 2.76. The van der Waals surface area contributed by atoms with Crippen LogP contribution < -0.4 is 10.6 Å². The second-order valence-corrected chi connectivity index (χ2v) is 9.15. The minimum Gasteiger partial charge on any atom is -0.444 e. The highest BCUT2D eigenvalue weighted by Gasteiger charge is 2.35. The summed E-state index contributed by atoms with van der Waals surface area (Å²) in [5.74, 6) is -0.611. The number of nitrogens with one attached hydrogen (secondary N) is 2. The fourth-order valence-electron chi connectivity index (χ4n) is 3.31. The third-order valence-electron chi connectivity index (χ3n) is 4.90. The quantitative estimate of drug-likeness (QED) is 0.309. The highest BCUT2D eigenvalue weighted by atomic mass is 32.1. The van der Waals surface area contributed by atoms with Gasteiger partial charge in [-0.05, 0) is 51.3 Å². The van der Waals surface area contributed by atoms with Crippen LogP contribution in [0.25, 0.3) is 6.08 Å². The van der Waals surface area contributed by atoms with Gasteiger partial charge in [0, 0.05) is 18.8 Å². The Hall–Kier alpha value is -2.48. The zero-order valence-electron chi connectivity index (χ0n) is 20.5. The number of likely N-dealkylation sites (N-methyl/N-ethyl adjacent to an activating group) is 1. The Morgan fingerprint density at radius 3 is 2.45 bits per heavy atom. The molecule has 2 unspecified atom stereocenters. The lowest BCUT2D eigenvalue weighted by molar-refractivity contribution is -0.141. The van der Waals surface area contributed by atoms with E-state index in [1.807, 2.05) is 24.3 Å². The van der Waals surface area contributed by atoms with Crippen LogP contribution in [0, 0.1) is 0 Å². The van der Waals surface area contributed by atoms with E-state index in [0.717, 1.165) is 24.8 Å². The highest BCUT2D eigenvalue weighted by molar-refractivity contribution is 7.80. The summed E-state index contributed by atoms with van der Waals surface area (Å²) in [4.78, 5) is 40.5. The van der Waals surface area contributed by atoms with E-state index in [2.05, 4.69) is 36.8 Å². The Kier molecular flexibility index (Phi) is 12.1. The molecular formula is C25H39N3O4S. The lowest BCUT2D eigenvalue weighted by Gasteiger charge is -2.33. The van der Waals surface area contributed by atoms with Crippen LogP contribution in [0.15, 0.2) is 30.8 Å². The normalized spacial score (nSPS) is 12.9. The maximum atomic E-state index is 13.5. The summed E-state index contributed by atoms with van der Waals surface area (Å²) in [6.07, 6.45) is 3.90. The Bertz CT molecular complexity index is 807. The number of carbonyl (C=O) groups is 3. The van der Waals surface area contributed by atoms with E-state index in [4.69, 9.17) is 4.74 Å². The lowest BCUT2D eigenvalue weighted by Crippen LogP contribution is -2.53. The zero-order valence-corrected chi connectivity index (χ0v) is 21.4. The molecule has 0 aromatic heterocycles. The van der Waals surface area contributed by atoms with Crippen molar-refractivity contribution in [3.05, 3.63) is 42.0 Å². The number of unbranched alkanes of at least 4 members (excludes halogenated alkanes) is 2. The Balaban J connectivity index is 3.22. The number of rotatable bonds is 12. The van der Waals surface area contributed by atoms with Crippen LogP contribution in [0.4, 0.5) is 4.79 Å². The van der Waals surface area contributed by atoms with Gasteiger partial charge < -0.3 is 20.3 Å². The van der Waals surface area contributed by atoms with Gasteiger partial charge in [-0.25, -0.2) is 4.79 Å². The van der Waals surface area contributed by atoms with Gasteiger partial charge in [0.05, 0.1) is 0 Å². The predicted octanol–water partition coefficient (Wildman–Crippen LogP) is 4.35. The monoisotopic (exact) mass is 477 g/mol. The van der Waals surface area contributed by atoms with Gasteiger partial charge in [-0.15, -0.1) is 0 Å². The summed E-state index contributed by atoms with van der Waals surface area (Å²) < 4.78 is 5.29. The van der Waals surface area contributed by atoms with Crippen molar-refractivity contribution >= 4 is 36.6 Å². The molecule has 2 atom stereocenters. The van der Waals surface area contributed by atoms with Crippen molar-refractivity contribution < 1.29 is 19.1 Å². The van der Waals surface area contributed by atoms with Gasteiger partial charge in [0.2, 0.25) is 11.8 Å². The fraction of sp³-hybridized carbons (Fsp3) is 0.560. The molecule has 0 aliphatic rings. The molecule has 184 valence electrons. The van der Waals surface area contributed by atoms with Gasteiger partial charge in [0.15, 0.2) is 0 Å². The van der Waals surface area contributed by atoms with Crippen LogP contribution in [0.1, 0.15) is 71.0 Å². The van der Waals surface area contributed by atoms with E-state index >= 15 is 0 Å². The second kappa shape index (κ2) is 13.9. The van der Waals surface area contributed by atoms with Crippen LogP contribution in [0.5, 0.6) is 0 Å². The molecule has 0 saturated carbocycles. The molecule has 8 heteroatoms. The molecule has 33 heavy (non-hydrogen) atoms. The van der Waals surface area contributed by atoms with E-state index in [1.54, 1.807) is 33.8 Å². The third kappa shape index (κ3) is 9.50. The molecule has 0 fully saturated rings. The maximum absolute atomic E-state index is 13.5. The van der Waals surface area contributed by atoms with Crippen LogP contribution in [-0.2, 0) is 14.3 Å². The first-order valence-electron chi connectivity index (χ1n) is 11.5. The van der Waals surface area contributed by atoms with E-state index in [0.29, 0.717) is 12.1 Å². The van der Waals surface area contributed by atoms with Gasteiger partial charge in [-0.3, -0.25) is 9.59 Å². The summed E-state index contributed by atoms with van der Waals surface area (Å²) in [6, 6.07) is 5.57. The number of carbonyl (C=O) groups excluding carboxylic acids is 3. The third-order valence-corrected chi connectivity index (χ3v) is 5.26. The SMILES string of the molecule is C=Cc1cccc(C(C(=O)NCCCCC)N(CC)C(=O)C(CS)NC(=O)OC(C)(C)C)c1. The summed E-state index contributed by atoms with van der Waals surface area (Å²) in [5, 5.41) is 5.55. The molecule has 0 heterocycles. The van der Waals surface area contributed by atoms with Crippen molar-refractivity contribution in [3.8, 4) is 0 Å². The first-order valence-corrected chi connectivity index (χ1v) is 12.1. The number of amides is 3. The molecule has 0 saturated heterocycles. The van der Waals surface area contributed by atoms with Gasteiger partial charge >= 0.3 is 6.09 Å². The van der Waals surface area contributed by atoms with Crippen molar-refractivity contribution in [1.82, 2.24) is 15.5 Å². The fourth-order valence-corrected chi connectivity index (χ4v) is 3.56. The molecule has 0 bridgehead atoms. The van der Waals surface area contributed by atoms with Gasteiger partial charge in [-0.2, -0.15) is 12.6 Å². The van der Waals surface area contributed by atoms with Crippen molar-refractivity contribution in [2.45, 2.75) is 71.6 Å². The number of benzene rings is 1. The van der Waals surface area contributed by atoms with E-state index in [9.17, 15) is 14.4 Å². The van der Waals surface area contributed by atoms with Crippen molar-refractivity contribution in [1.29, 1.82) is 0 Å². The summed E-state index contributed by atoms with van der Waals surface area (Å²) >= 11 is 4.26. The van der Waals surface area contributed by atoms with Crippen LogP contribution in [0.2, 0.25) is 0 Å².